The molecule has 0 amide bonds. The first-order valence-corrected chi connectivity index (χ1v) is 49.0. The molecular weight excluding hydrogens is 1630 g/mol. The zero-order valence-corrected chi connectivity index (χ0v) is 76.2. The van der Waals surface area contributed by atoms with Crippen molar-refractivity contribution in [2.24, 2.45) is 0 Å². The number of unbranched alkanes of at least 4 members (excludes halogenated alkanes) is 8. The number of carbonyl (C=O) groups is 2. The second kappa shape index (κ2) is 42.4. The van der Waals surface area contributed by atoms with Gasteiger partial charge in [0, 0.05) is 108 Å². The topological polar surface area (TPSA) is 325 Å². The summed E-state index contributed by atoms with van der Waals surface area (Å²) < 4.78 is 191. The van der Waals surface area contributed by atoms with Crippen LogP contribution in [0, 0.1) is 13.8 Å². The molecule has 0 spiro atoms. The summed E-state index contributed by atoms with van der Waals surface area (Å²) in [7, 11) is -13.0. The van der Waals surface area contributed by atoms with E-state index in [2.05, 4.69) is 110 Å². The Kier molecular flexibility index (Phi) is 35.2. The maximum Gasteiger partial charge on any atom is 0.305 e. The number of hydrogen-bond acceptors (Lipinski definition) is 24. The van der Waals surface area contributed by atoms with E-state index in [9.17, 15) is 60.1 Å². The van der Waals surface area contributed by atoms with E-state index in [1.54, 1.807) is 24.3 Å². The van der Waals surface area contributed by atoms with E-state index in [1.807, 2.05) is 74.0 Å². The molecule has 26 nitrogen and oxygen atoms in total. The lowest BCUT2D eigenvalue weighted by atomic mass is 9.76. The largest absolute Gasteiger partial charge is 0.469 e. The number of anilines is 2. The molecule has 4 aromatic carbocycles. The predicted octanol–water partition coefficient (Wildman–Crippen LogP) is 14.2. The Balaban J connectivity index is 0.000000326. The quantitative estimate of drug-likeness (QED) is 0.0130. The van der Waals surface area contributed by atoms with Gasteiger partial charge in [-0.1, -0.05) is 97.9 Å². The zero-order valence-electron chi connectivity index (χ0n) is 71.3. The molecule has 2 atom stereocenters. The highest BCUT2D eigenvalue weighted by Gasteiger charge is 2.48. The number of allylic oxidation sites excluding steroid dienone is 12. The third-order valence-electron chi connectivity index (χ3n) is 22.7. The summed E-state index contributed by atoms with van der Waals surface area (Å²) in [6.45, 7) is 18.9. The molecule has 2 unspecified atom stereocenters. The molecule has 0 N–H and O–H groups in total. The lowest BCUT2D eigenvalue weighted by molar-refractivity contribution is -0.438. The molecule has 0 fully saturated rings. The van der Waals surface area contributed by atoms with Crippen molar-refractivity contribution >= 4 is 107 Å². The molecular formula is C86H122N4O22S6+2. The van der Waals surface area contributed by atoms with E-state index in [0.29, 0.717) is 71.0 Å². The highest BCUT2D eigenvalue weighted by atomic mass is 32.2. The first-order chi connectivity index (χ1) is 55.5. The van der Waals surface area contributed by atoms with Crippen molar-refractivity contribution in [1.29, 1.82) is 0 Å². The molecule has 118 heavy (non-hydrogen) atoms. The van der Waals surface area contributed by atoms with Gasteiger partial charge in [0.05, 0.1) is 101 Å². The van der Waals surface area contributed by atoms with Gasteiger partial charge >= 0.3 is 11.9 Å². The van der Waals surface area contributed by atoms with Crippen molar-refractivity contribution in [1.82, 2.24) is 0 Å². The summed E-state index contributed by atoms with van der Waals surface area (Å²) in [5.41, 5.74) is 11.9. The second-order valence-electron chi connectivity index (χ2n) is 31.3. The van der Waals surface area contributed by atoms with Gasteiger partial charge in [-0.25, -0.2) is 0 Å². The summed E-state index contributed by atoms with van der Waals surface area (Å²) in [5, 5.41) is 0. The van der Waals surface area contributed by atoms with Crippen molar-refractivity contribution < 1.29 is 104 Å². The van der Waals surface area contributed by atoms with Gasteiger partial charge < -0.3 is 19.3 Å². The van der Waals surface area contributed by atoms with Crippen molar-refractivity contribution in [3.8, 4) is 0 Å². The minimum absolute atomic E-state index is 0.00166. The highest BCUT2D eigenvalue weighted by molar-refractivity contribution is 7.88. The number of carbonyl (C=O) groups excluding carboxylic acids is 2. The molecule has 4 aliphatic rings. The van der Waals surface area contributed by atoms with Crippen LogP contribution in [-0.2, 0) is 127 Å². The molecule has 4 heterocycles. The Bertz CT molecular complexity index is 5240. The van der Waals surface area contributed by atoms with Crippen LogP contribution in [0.2, 0.25) is 0 Å². The van der Waals surface area contributed by atoms with Gasteiger partial charge in [-0.15, -0.1) is 0 Å². The Morgan fingerprint density at radius 1 is 0.373 bits per heavy atom. The third-order valence-corrected chi connectivity index (χ3v) is 30.4. The van der Waals surface area contributed by atoms with Crippen molar-refractivity contribution in [2.45, 2.75) is 202 Å². The van der Waals surface area contributed by atoms with E-state index in [4.69, 9.17) is 22.0 Å². The molecule has 0 aliphatic carbocycles. The minimum Gasteiger partial charge on any atom is -0.469 e. The summed E-state index contributed by atoms with van der Waals surface area (Å²) in [4.78, 5) is 27.6. The number of hydrogen-bond donors (Lipinski definition) is 0. The van der Waals surface area contributed by atoms with Gasteiger partial charge in [-0.2, -0.15) is 59.7 Å². The zero-order chi connectivity index (χ0) is 87.3. The number of ether oxygens (including phenoxy) is 2. The normalized spacial score (nSPS) is 18.7. The molecule has 652 valence electrons. The smallest absolute Gasteiger partial charge is 0.305 e. The van der Waals surface area contributed by atoms with Gasteiger partial charge in [-0.05, 0) is 179 Å². The fraction of sp³-hybridized carbons (Fsp3) is 0.535. The molecule has 4 aliphatic heterocycles. The maximum atomic E-state index is 12.9. The van der Waals surface area contributed by atoms with Gasteiger partial charge in [0.15, 0.2) is 11.4 Å². The molecule has 32 heteroatoms. The number of methoxy groups -OCH3 is 2. The third kappa shape index (κ3) is 25.0. The fourth-order valence-corrected chi connectivity index (χ4v) is 20.1. The fourth-order valence-electron chi connectivity index (χ4n) is 16.0. The van der Waals surface area contributed by atoms with Crippen LogP contribution in [0.4, 0.5) is 22.7 Å². The minimum atomic E-state index is -4.04. The highest BCUT2D eigenvalue weighted by Crippen LogP contribution is 2.54. The maximum absolute atomic E-state index is 12.9. The van der Waals surface area contributed by atoms with Crippen LogP contribution in [0.5, 0.6) is 0 Å². The van der Waals surface area contributed by atoms with Crippen LogP contribution < -0.4 is 9.80 Å². The summed E-state index contributed by atoms with van der Waals surface area (Å²) in [6.07, 6.45) is 31.6. The monoisotopic (exact) mass is 1750 g/mol. The SMILES string of the molecule is COC(=O)CCCCCCCC1(C)/C(=C/C=C/C=C/C2=[N+](CCCS(=O)(=O)OC)c3ccc(S(=O)(=O)OC)cc3C2(C)C)N(CCCS(=O)(=O)OC)c2ccc(C)cc21.COC(=O)CCCCC[N+]1=C(C=CC=CC=C2N(CCCCS(=O)(=O)OC)c3ccc(S(=O)(=O)OC)cc3C2(C)CCCCS(=O)(=O)OC)C(C)(C)c2cc(C)ccc21. The average Bonchev–Trinajstić information content (AvgIpc) is 1.57. The van der Waals surface area contributed by atoms with Crippen LogP contribution in [-0.4, -0.2) is 189 Å². The Hall–Kier alpha value is -7.34. The number of aryl methyl sites for hydroxylation is 2. The molecule has 4 aromatic rings. The standard InChI is InChI=1S/2C43H61N2O11S3/c1-33-22-24-37-35(31-33)42(2,3)39(44(37)27-15-10-13-21-41(46)53-5)19-11-9-12-20-40-43(4,26-14-17-29-57(47,48)54-6)36-32-34(59(51,52)56-8)23-25-38(36)45(40)28-16-18-30-58(49,50)55-7;1-33-22-24-38-36(31-33)43(4,26-16-11-9-10-15-21-41(46)53-5)40(45(38)28-18-30-58(49,50)55-7)20-14-12-13-19-39-42(2,3)35-32-34(59(51,52)56-8)23-25-37(35)44(39)27-17-29-57(47,48)54-6/h9,11-12,19-20,22-25,31-32H,10,13-18,21,26-30H2,1-8H3;12-14,19-20,22-25,31-32H,9-11,15-18,21,26-30H2,1-8H3/q2*+1. The predicted molar refractivity (Wildman–Crippen MR) is 462 cm³/mol. The van der Waals surface area contributed by atoms with Gasteiger partial charge in [0.2, 0.25) is 11.4 Å². The lowest BCUT2D eigenvalue weighted by Gasteiger charge is -2.30. The van der Waals surface area contributed by atoms with Crippen LogP contribution in [0.3, 0.4) is 0 Å². The number of fused-ring (bicyclic) bond motifs is 4. The van der Waals surface area contributed by atoms with E-state index in [0.717, 1.165) is 156 Å². The average molecular weight is 1760 g/mol. The number of esters is 2. The first-order valence-electron chi connectivity index (χ1n) is 39.9. The lowest BCUT2D eigenvalue weighted by Crippen LogP contribution is -2.30. The summed E-state index contributed by atoms with van der Waals surface area (Å²) >= 11 is 0. The molecule has 0 aromatic heterocycles. The van der Waals surface area contributed by atoms with Crippen LogP contribution >= 0.6 is 0 Å². The van der Waals surface area contributed by atoms with Gasteiger partial charge in [0.1, 0.15) is 13.1 Å². The number of benzene rings is 4. The summed E-state index contributed by atoms with van der Waals surface area (Å²) in [6, 6.07) is 22.6. The van der Waals surface area contributed by atoms with Gasteiger partial charge in [0.25, 0.3) is 60.7 Å². The van der Waals surface area contributed by atoms with E-state index in [1.165, 1.54) is 55.8 Å². The molecule has 0 radical (unpaired) electrons. The van der Waals surface area contributed by atoms with Gasteiger partial charge in [-0.3, -0.25) is 34.7 Å². The molecule has 0 bridgehead atoms. The Morgan fingerprint density at radius 3 is 1.20 bits per heavy atom. The number of rotatable bonds is 46. The van der Waals surface area contributed by atoms with E-state index >= 15 is 0 Å². The van der Waals surface area contributed by atoms with Crippen molar-refractivity contribution in [3.05, 3.63) is 178 Å². The molecule has 0 saturated heterocycles. The van der Waals surface area contributed by atoms with Crippen molar-refractivity contribution in [2.75, 3.05) is 116 Å². The van der Waals surface area contributed by atoms with E-state index in [-0.39, 0.29) is 62.0 Å². The van der Waals surface area contributed by atoms with Crippen molar-refractivity contribution in [3.63, 3.8) is 0 Å². The molecule has 8 rings (SSSR count). The summed E-state index contributed by atoms with van der Waals surface area (Å²) in [5.74, 6) is -0.986. The van der Waals surface area contributed by atoms with Crippen LogP contribution in [0.15, 0.2) is 155 Å². The first kappa shape index (κ1) is 97.8. The Labute approximate surface area is 702 Å². The van der Waals surface area contributed by atoms with E-state index < -0.39 is 71.5 Å². The second-order valence-corrected chi connectivity index (χ2v) is 42.2. The molecule has 0 saturated carbocycles. The van der Waals surface area contributed by atoms with Crippen LogP contribution in [0.25, 0.3) is 0 Å². The number of nitrogens with zero attached hydrogens (tertiary/aromatic N) is 4. The van der Waals surface area contributed by atoms with Crippen LogP contribution in [0.1, 0.15) is 190 Å². The Morgan fingerprint density at radius 2 is 0.729 bits per heavy atom.